The molecule has 86 valence electrons. The van der Waals surface area contributed by atoms with E-state index in [1.807, 2.05) is 0 Å². The normalized spacial score (nSPS) is 14.8. The number of carbonyl (C=O) groups excluding carboxylic acids is 1. The minimum atomic E-state index is -0.360. The van der Waals surface area contributed by atoms with Gasteiger partial charge in [-0.15, -0.1) is 0 Å². The van der Waals surface area contributed by atoms with E-state index in [1.165, 1.54) is 6.07 Å². The smallest absolute Gasteiger partial charge is 0.234 e. The molecule has 0 radical (unpaired) electrons. The standard InChI is InChI=1S/C11H14FN3O/c12-9-3-8(4-13-6-9)5-14-7-11(16)15-10-1-2-10/h3-4,6,10,14H,1-2,5,7H2,(H,15,16). The third-order valence-electron chi connectivity index (χ3n) is 2.32. The molecule has 0 bridgehead atoms. The highest BCUT2D eigenvalue weighted by Gasteiger charge is 2.22. The molecule has 1 aliphatic carbocycles. The zero-order valence-corrected chi connectivity index (χ0v) is 8.87. The maximum absolute atomic E-state index is 12.8. The lowest BCUT2D eigenvalue weighted by Crippen LogP contribution is -2.34. The van der Waals surface area contributed by atoms with Crippen molar-refractivity contribution in [3.63, 3.8) is 0 Å². The summed E-state index contributed by atoms with van der Waals surface area (Å²) in [6, 6.07) is 1.78. The van der Waals surface area contributed by atoms with Gasteiger partial charge in [0.05, 0.1) is 12.7 Å². The van der Waals surface area contributed by atoms with Crippen molar-refractivity contribution >= 4 is 5.91 Å². The minimum Gasteiger partial charge on any atom is -0.352 e. The van der Waals surface area contributed by atoms with Crippen LogP contribution in [-0.4, -0.2) is 23.5 Å². The Kier molecular flexibility index (Phi) is 3.46. The van der Waals surface area contributed by atoms with Gasteiger partial charge in [0.2, 0.25) is 5.91 Å². The number of rotatable bonds is 5. The molecule has 1 saturated carbocycles. The summed E-state index contributed by atoms with van der Waals surface area (Å²) in [7, 11) is 0. The highest BCUT2D eigenvalue weighted by Crippen LogP contribution is 2.18. The highest BCUT2D eigenvalue weighted by atomic mass is 19.1. The third-order valence-corrected chi connectivity index (χ3v) is 2.32. The zero-order chi connectivity index (χ0) is 11.4. The van der Waals surface area contributed by atoms with Crippen molar-refractivity contribution in [2.45, 2.75) is 25.4 Å². The van der Waals surface area contributed by atoms with Crippen LogP contribution in [-0.2, 0) is 11.3 Å². The van der Waals surface area contributed by atoms with Crippen LogP contribution in [0.5, 0.6) is 0 Å². The second-order valence-corrected chi connectivity index (χ2v) is 3.96. The second-order valence-electron chi connectivity index (χ2n) is 3.96. The van der Waals surface area contributed by atoms with Gasteiger partial charge in [-0.3, -0.25) is 9.78 Å². The Labute approximate surface area is 93.3 Å². The van der Waals surface area contributed by atoms with Gasteiger partial charge in [-0.2, -0.15) is 0 Å². The van der Waals surface area contributed by atoms with E-state index in [1.54, 1.807) is 6.20 Å². The summed E-state index contributed by atoms with van der Waals surface area (Å²) in [5.41, 5.74) is 0.735. The fourth-order valence-electron chi connectivity index (χ4n) is 1.38. The van der Waals surface area contributed by atoms with Gasteiger partial charge >= 0.3 is 0 Å². The lowest BCUT2D eigenvalue weighted by atomic mass is 10.3. The van der Waals surface area contributed by atoms with E-state index in [0.29, 0.717) is 12.6 Å². The van der Waals surface area contributed by atoms with E-state index >= 15 is 0 Å². The Morgan fingerprint density at radius 1 is 1.50 bits per heavy atom. The molecule has 1 fully saturated rings. The number of amides is 1. The Bertz CT molecular complexity index is 379. The van der Waals surface area contributed by atoms with E-state index in [-0.39, 0.29) is 18.3 Å². The first-order valence-corrected chi connectivity index (χ1v) is 5.33. The fourth-order valence-corrected chi connectivity index (χ4v) is 1.38. The Balaban J connectivity index is 1.68. The van der Waals surface area contributed by atoms with Gasteiger partial charge in [-0.05, 0) is 24.5 Å². The monoisotopic (exact) mass is 223 g/mol. The molecule has 0 unspecified atom stereocenters. The first kappa shape index (κ1) is 11.0. The van der Waals surface area contributed by atoms with E-state index in [2.05, 4.69) is 15.6 Å². The molecule has 1 aromatic heterocycles. The van der Waals surface area contributed by atoms with Gasteiger partial charge in [0.1, 0.15) is 5.82 Å². The molecular formula is C11H14FN3O. The van der Waals surface area contributed by atoms with Crippen LogP contribution in [0, 0.1) is 5.82 Å². The molecule has 2 rings (SSSR count). The van der Waals surface area contributed by atoms with Crippen molar-refractivity contribution in [2.24, 2.45) is 0 Å². The molecule has 1 amide bonds. The van der Waals surface area contributed by atoms with Crippen LogP contribution in [0.25, 0.3) is 0 Å². The molecule has 4 nitrogen and oxygen atoms in total. The molecule has 0 spiro atoms. The van der Waals surface area contributed by atoms with Crippen LogP contribution < -0.4 is 10.6 Å². The summed E-state index contributed by atoms with van der Waals surface area (Å²) in [5.74, 6) is -0.367. The van der Waals surface area contributed by atoms with Crippen LogP contribution in [0.1, 0.15) is 18.4 Å². The lowest BCUT2D eigenvalue weighted by molar-refractivity contribution is -0.120. The molecule has 0 aromatic carbocycles. The van der Waals surface area contributed by atoms with Crippen molar-refractivity contribution in [3.8, 4) is 0 Å². The SMILES string of the molecule is O=C(CNCc1cncc(F)c1)NC1CC1. The molecule has 1 aromatic rings. The minimum absolute atomic E-state index is 0.00753. The number of aromatic nitrogens is 1. The molecule has 1 aliphatic rings. The Morgan fingerprint density at radius 2 is 2.31 bits per heavy atom. The van der Waals surface area contributed by atoms with Gasteiger partial charge in [-0.1, -0.05) is 0 Å². The number of carbonyl (C=O) groups is 1. The summed E-state index contributed by atoms with van der Waals surface area (Å²) >= 11 is 0. The molecule has 0 atom stereocenters. The second kappa shape index (κ2) is 5.03. The van der Waals surface area contributed by atoms with Crippen LogP contribution in [0.2, 0.25) is 0 Å². The van der Waals surface area contributed by atoms with E-state index in [9.17, 15) is 9.18 Å². The fraction of sp³-hybridized carbons (Fsp3) is 0.455. The number of halogens is 1. The quantitative estimate of drug-likeness (QED) is 0.768. The van der Waals surface area contributed by atoms with Gasteiger partial charge < -0.3 is 10.6 Å². The molecule has 0 aliphatic heterocycles. The largest absolute Gasteiger partial charge is 0.352 e. The summed E-state index contributed by atoms with van der Waals surface area (Å²) in [6.45, 7) is 0.704. The predicted molar refractivity (Wildman–Crippen MR) is 57.1 cm³/mol. The van der Waals surface area contributed by atoms with Gasteiger partial charge in [-0.25, -0.2) is 4.39 Å². The Morgan fingerprint density at radius 3 is 3.00 bits per heavy atom. The maximum atomic E-state index is 12.8. The van der Waals surface area contributed by atoms with Crippen molar-refractivity contribution < 1.29 is 9.18 Å². The number of hydrogen-bond donors (Lipinski definition) is 2. The van der Waals surface area contributed by atoms with Gasteiger partial charge in [0, 0.05) is 18.8 Å². The molecular weight excluding hydrogens is 209 g/mol. The molecule has 2 N–H and O–H groups in total. The van der Waals surface area contributed by atoms with E-state index < -0.39 is 0 Å². The average Bonchev–Trinajstić information content (AvgIpc) is 3.02. The maximum Gasteiger partial charge on any atom is 0.234 e. The zero-order valence-electron chi connectivity index (χ0n) is 8.87. The van der Waals surface area contributed by atoms with Gasteiger partial charge in [0.15, 0.2) is 0 Å². The Hall–Kier alpha value is -1.49. The lowest BCUT2D eigenvalue weighted by Gasteiger charge is -2.05. The van der Waals surface area contributed by atoms with Gasteiger partial charge in [0.25, 0.3) is 0 Å². The van der Waals surface area contributed by atoms with Crippen molar-refractivity contribution in [2.75, 3.05) is 6.54 Å². The number of nitrogens with zero attached hydrogens (tertiary/aromatic N) is 1. The van der Waals surface area contributed by atoms with Crippen LogP contribution >= 0.6 is 0 Å². The summed E-state index contributed by atoms with van der Waals surface area (Å²) in [6.07, 6.45) is 4.90. The number of nitrogens with one attached hydrogen (secondary N) is 2. The van der Waals surface area contributed by atoms with Crippen LogP contribution in [0.15, 0.2) is 18.5 Å². The molecule has 5 heteroatoms. The van der Waals surface area contributed by atoms with E-state index in [0.717, 1.165) is 24.6 Å². The topological polar surface area (TPSA) is 54.0 Å². The van der Waals surface area contributed by atoms with Crippen molar-refractivity contribution in [1.82, 2.24) is 15.6 Å². The van der Waals surface area contributed by atoms with E-state index in [4.69, 9.17) is 0 Å². The summed E-state index contributed by atoms with van der Waals surface area (Å²) < 4.78 is 12.8. The number of pyridine rings is 1. The summed E-state index contributed by atoms with van der Waals surface area (Å²) in [5, 5.41) is 5.80. The molecule has 0 saturated heterocycles. The number of hydrogen-bond acceptors (Lipinski definition) is 3. The summed E-state index contributed by atoms with van der Waals surface area (Å²) in [4.78, 5) is 15.0. The van der Waals surface area contributed by atoms with Crippen molar-refractivity contribution in [1.29, 1.82) is 0 Å². The average molecular weight is 223 g/mol. The van der Waals surface area contributed by atoms with Crippen LogP contribution in [0.3, 0.4) is 0 Å². The first-order chi connectivity index (χ1) is 7.74. The molecule has 1 heterocycles. The predicted octanol–water partition coefficient (Wildman–Crippen LogP) is 0.589. The first-order valence-electron chi connectivity index (χ1n) is 5.33. The van der Waals surface area contributed by atoms with Crippen LogP contribution in [0.4, 0.5) is 4.39 Å². The third kappa shape index (κ3) is 3.58. The molecule has 16 heavy (non-hydrogen) atoms. The van der Waals surface area contributed by atoms with Crippen molar-refractivity contribution in [3.05, 3.63) is 29.8 Å². The highest BCUT2D eigenvalue weighted by molar-refractivity contribution is 5.78.